The van der Waals surface area contributed by atoms with Crippen LogP contribution in [0.5, 0.6) is 5.75 Å². The standard InChI is InChI=1S/C12H9ClN4O/c1-18-9-3-2-7(5-14)4-8(9)11-10(13)12(15)17-6-16-11/h2-4,6H,1H3,(H2,15,16,17). The normalized spacial score (nSPS) is 9.83. The van der Waals surface area contributed by atoms with Crippen LogP contribution in [-0.2, 0) is 0 Å². The molecule has 5 nitrogen and oxygen atoms in total. The van der Waals surface area contributed by atoms with E-state index >= 15 is 0 Å². The molecule has 18 heavy (non-hydrogen) atoms. The summed E-state index contributed by atoms with van der Waals surface area (Å²) in [6.45, 7) is 0. The molecule has 0 fully saturated rings. The van der Waals surface area contributed by atoms with E-state index in [0.29, 0.717) is 22.6 Å². The Morgan fingerprint density at radius 1 is 1.39 bits per heavy atom. The van der Waals surface area contributed by atoms with Crippen LogP contribution in [0.3, 0.4) is 0 Å². The Balaban J connectivity index is 2.69. The number of halogens is 1. The molecule has 0 aliphatic rings. The van der Waals surface area contributed by atoms with Crippen molar-refractivity contribution in [3.8, 4) is 23.1 Å². The summed E-state index contributed by atoms with van der Waals surface area (Å²) in [5, 5.41) is 9.16. The Bertz CT molecular complexity index is 636. The number of nitrogen functional groups attached to an aromatic ring is 1. The topological polar surface area (TPSA) is 84.8 Å². The molecule has 1 heterocycles. The zero-order chi connectivity index (χ0) is 13.1. The predicted octanol–water partition coefficient (Wildman–Crippen LogP) is 2.26. The van der Waals surface area contributed by atoms with Gasteiger partial charge in [-0.3, -0.25) is 0 Å². The van der Waals surface area contributed by atoms with Crippen LogP contribution in [0.15, 0.2) is 24.5 Å². The Kier molecular flexibility index (Phi) is 3.31. The number of nitrogens with zero attached hydrogens (tertiary/aromatic N) is 3. The van der Waals surface area contributed by atoms with Crippen LogP contribution in [0, 0.1) is 11.3 Å². The largest absolute Gasteiger partial charge is 0.496 e. The number of hydrogen-bond acceptors (Lipinski definition) is 5. The van der Waals surface area contributed by atoms with Gasteiger partial charge in [-0.25, -0.2) is 9.97 Å². The minimum atomic E-state index is 0.186. The van der Waals surface area contributed by atoms with E-state index in [0.717, 1.165) is 0 Å². The fraction of sp³-hybridized carbons (Fsp3) is 0.0833. The van der Waals surface area contributed by atoms with Gasteiger partial charge in [0.15, 0.2) is 0 Å². The highest BCUT2D eigenvalue weighted by Crippen LogP contribution is 2.35. The van der Waals surface area contributed by atoms with E-state index in [1.54, 1.807) is 18.2 Å². The molecular weight excluding hydrogens is 252 g/mol. The van der Waals surface area contributed by atoms with Crippen molar-refractivity contribution in [1.82, 2.24) is 9.97 Å². The van der Waals surface area contributed by atoms with Crippen molar-refractivity contribution in [3.05, 3.63) is 35.1 Å². The van der Waals surface area contributed by atoms with Crippen LogP contribution in [0.25, 0.3) is 11.3 Å². The Morgan fingerprint density at radius 3 is 2.83 bits per heavy atom. The summed E-state index contributed by atoms with van der Waals surface area (Å²) in [5.74, 6) is 0.750. The molecule has 0 radical (unpaired) electrons. The summed E-state index contributed by atoms with van der Waals surface area (Å²) < 4.78 is 5.22. The molecule has 2 aromatic rings. The molecule has 0 saturated carbocycles. The quantitative estimate of drug-likeness (QED) is 0.895. The average Bonchev–Trinajstić information content (AvgIpc) is 2.41. The molecule has 0 aliphatic heterocycles. The number of benzene rings is 1. The molecule has 90 valence electrons. The van der Waals surface area contributed by atoms with Gasteiger partial charge in [0.1, 0.15) is 22.9 Å². The molecule has 0 atom stereocenters. The van der Waals surface area contributed by atoms with Crippen LogP contribution in [-0.4, -0.2) is 17.1 Å². The SMILES string of the molecule is COc1ccc(C#N)cc1-c1ncnc(N)c1Cl. The minimum absolute atomic E-state index is 0.186. The zero-order valence-electron chi connectivity index (χ0n) is 9.51. The van der Waals surface area contributed by atoms with Gasteiger partial charge in [-0.15, -0.1) is 0 Å². The second kappa shape index (κ2) is 4.90. The van der Waals surface area contributed by atoms with Gasteiger partial charge in [0, 0.05) is 5.56 Å². The molecular formula is C12H9ClN4O. The maximum absolute atomic E-state index is 8.92. The smallest absolute Gasteiger partial charge is 0.146 e. The van der Waals surface area contributed by atoms with Crippen molar-refractivity contribution in [1.29, 1.82) is 5.26 Å². The van der Waals surface area contributed by atoms with Gasteiger partial charge < -0.3 is 10.5 Å². The summed E-state index contributed by atoms with van der Waals surface area (Å²) in [4.78, 5) is 7.87. The molecule has 2 N–H and O–H groups in total. The summed E-state index contributed by atoms with van der Waals surface area (Å²) in [6, 6.07) is 7.03. The molecule has 6 heteroatoms. The number of ether oxygens (including phenoxy) is 1. The number of methoxy groups -OCH3 is 1. The van der Waals surface area contributed by atoms with E-state index in [1.807, 2.05) is 6.07 Å². The number of hydrogen-bond donors (Lipinski definition) is 1. The zero-order valence-corrected chi connectivity index (χ0v) is 10.3. The van der Waals surface area contributed by atoms with E-state index in [-0.39, 0.29) is 10.8 Å². The van der Waals surface area contributed by atoms with E-state index < -0.39 is 0 Å². The van der Waals surface area contributed by atoms with Gasteiger partial charge in [-0.1, -0.05) is 11.6 Å². The first kappa shape index (κ1) is 12.1. The Labute approximate surface area is 109 Å². The molecule has 2 rings (SSSR count). The lowest BCUT2D eigenvalue weighted by Gasteiger charge is -2.10. The third kappa shape index (κ3) is 2.06. The fourth-order valence-electron chi connectivity index (χ4n) is 1.53. The van der Waals surface area contributed by atoms with Crippen LogP contribution in [0.4, 0.5) is 5.82 Å². The maximum Gasteiger partial charge on any atom is 0.146 e. The average molecular weight is 261 g/mol. The lowest BCUT2D eigenvalue weighted by Crippen LogP contribution is -1.97. The Hall–Kier alpha value is -2.32. The molecule has 1 aromatic carbocycles. The van der Waals surface area contributed by atoms with Gasteiger partial charge in [0.05, 0.1) is 24.4 Å². The van der Waals surface area contributed by atoms with E-state index in [1.165, 1.54) is 13.4 Å². The second-order valence-corrected chi connectivity index (χ2v) is 3.83. The summed E-state index contributed by atoms with van der Waals surface area (Å²) in [7, 11) is 1.53. The minimum Gasteiger partial charge on any atom is -0.496 e. The van der Waals surface area contributed by atoms with E-state index in [2.05, 4.69) is 9.97 Å². The lowest BCUT2D eigenvalue weighted by molar-refractivity contribution is 0.416. The second-order valence-electron chi connectivity index (χ2n) is 3.45. The highest BCUT2D eigenvalue weighted by molar-refractivity contribution is 6.35. The van der Waals surface area contributed by atoms with Gasteiger partial charge in [-0.05, 0) is 18.2 Å². The maximum atomic E-state index is 8.92. The van der Waals surface area contributed by atoms with Gasteiger partial charge in [0.2, 0.25) is 0 Å². The van der Waals surface area contributed by atoms with Crippen molar-refractivity contribution in [2.24, 2.45) is 0 Å². The van der Waals surface area contributed by atoms with Crippen molar-refractivity contribution in [3.63, 3.8) is 0 Å². The molecule has 1 aromatic heterocycles. The first-order chi connectivity index (χ1) is 8.67. The van der Waals surface area contributed by atoms with Crippen molar-refractivity contribution < 1.29 is 4.74 Å². The summed E-state index contributed by atoms with van der Waals surface area (Å²) >= 11 is 6.06. The number of anilines is 1. The molecule has 0 saturated heterocycles. The third-order valence-electron chi connectivity index (χ3n) is 2.40. The Morgan fingerprint density at radius 2 is 2.17 bits per heavy atom. The van der Waals surface area contributed by atoms with Crippen LogP contribution < -0.4 is 10.5 Å². The highest BCUT2D eigenvalue weighted by atomic mass is 35.5. The van der Waals surface area contributed by atoms with Gasteiger partial charge in [-0.2, -0.15) is 5.26 Å². The van der Waals surface area contributed by atoms with Gasteiger partial charge >= 0.3 is 0 Å². The molecule has 0 aliphatic carbocycles. The van der Waals surface area contributed by atoms with Crippen molar-refractivity contribution in [2.75, 3.05) is 12.8 Å². The number of aromatic nitrogens is 2. The lowest BCUT2D eigenvalue weighted by atomic mass is 10.1. The predicted molar refractivity (Wildman–Crippen MR) is 68.2 cm³/mol. The highest BCUT2D eigenvalue weighted by Gasteiger charge is 2.14. The number of rotatable bonds is 2. The van der Waals surface area contributed by atoms with E-state index in [9.17, 15) is 0 Å². The number of nitriles is 1. The molecule has 0 unspecified atom stereocenters. The summed E-state index contributed by atoms with van der Waals surface area (Å²) in [6.07, 6.45) is 1.31. The van der Waals surface area contributed by atoms with Crippen LogP contribution in [0.2, 0.25) is 5.02 Å². The van der Waals surface area contributed by atoms with Crippen molar-refractivity contribution >= 4 is 17.4 Å². The first-order valence-corrected chi connectivity index (χ1v) is 5.39. The van der Waals surface area contributed by atoms with Gasteiger partial charge in [0.25, 0.3) is 0 Å². The van der Waals surface area contributed by atoms with Crippen LogP contribution in [0.1, 0.15) is 5.56 Å². The van der Waals surface area contributed by atoms with E-state index in [4.69, 9.17) is 27.3 Å². The van der Waals surface area contributed by atoms with Crippen LogP contribution >= 0.6 is 11.6 Å². The molecule has 0 spiro atoms. The van der Waals surface area contributed by atoms with Crippen molar-refractivity contribution in [2.45, 2.75) is 0 Å². The molecule has 0 bridgehead atoms. The fourth-order valence-corrected chi connectivity index (χ4v) is 1.73. The monoisotopic (exact) mass is 260 g/mol. The summed E-state index contributed by atoms with van der Waals surface area (Å²) in [5.41, 5.74) is 7.17. The molecule has 0 amide bonds. The first-order valence-electron chi connectivity index (χ1n) is 5.02. The third-order valence-corrected chi connectivity index (χ3v) is 2.77. The number of nitrogens with two attached hydrogens (primary N) is 1.